The van der Waals surface area contributed by atoms with Crippen LogP contribution < -0.4 is 19.0 Å². The van der Waals surface area contributed by atoms with Crippen molar-refractivity contribution in [3.05, 3.63) is 46.8 Å². The van der Waals surface area contributed by atoms with Crippen LogP contribution >= 0.6 is 11.3 Å². The maximum absolute atomic E-state index is 12.5. The summed E-state index contributed by atoms with van der Waals surface area (Å²) < 4.78 is 19.3. The van der Waals surface area contributed by atoms with Gasteiger partial charge in [-0.05, 0) is 38.1 Å². The first-order valence-electron chi connectivity index (χ1n) is 8.26. The van der Waals surface area contributed by atoms with E-state index in [1.807, 2.05) is 37.6 Å². The van der Waals surface area contributed by atoms with Crippen molar-refractivity contribution in [2.24, 2.45) is 12.0 Å². The molecule has 0 fully saturated rings. The Morgan fingerprint density at radius 2 is 1.88 bits per heavy atom. The van der Waals surface area contributed by atoms with Gasteiger partial charge in [-0.1, -0.05) is 11.3 Å². The Kier molecular flexibility index (Phi) is 4.16. The van der Waals surface area contributed by atoms with Gasteiger partial charge in [-0.2, -0.15) is 4.99 Å². The monoisotopic (exact) mass is 370 g/mol. The second-order valence-corrected chi connectivity index (χ2v) is 7.23. The summed E-state index contributed by atoms with van der Waals surface area (Å²) >= 11 is 1.44. The smallest absolute Gasteiger partial charge is 0.279 e. The lowest BCUT2D eigenvalue weighted by Crippen LogP contribution is -2.13. The maximum Gasteiger partial charge on any atom is 0.279 e. The number of fused-ring (bicyclic) bond motifs is 2. The first-order chi connectivity index (χ1) is 12.5. The van der Waals surface area contributed by atoms with Crippen LogP contribution in [0.2, 0.25) is 0 Å². The predicted octanol–water partition coefficient (Wildman–Crippen LogP) is 3.50. The lowest BCUT2D eigenvalue weighted by Gasteiger charge is -2.09. The van der Waals surface area contributed by atoms with Crippen molar-refractivity contribution in [2.75, 3.05) is 6.79 Å². The van der Waals surface area contributed by atoms with Crippen LogP contribution in [0.5, 0.6) is 17.2 Å². The minimum absolute atomic E-state index is 0.0911. The number of ether oxygens (including phenoxy) is 3. The highest BCUT2D eigenvalue weighted by molar-refractivity contribution is 7.16. The van der Waals surface area contributed by atoms with Gasteiger partial charge in [-0.15, -0.1) is 0 Å². The highest BCUT2D eigenvalue weighted by Gasteiger charge is 2.17. The fraction of sp³-hybridized carbons (Fsp3) is 0.263. The van der Waals surface area contributed by atoms with Gasteiger partial charge in [0.15, 0.2) is 16.3 Å². The van der Waals surface area contributed by atoms with E-state index in [0.717, 1.165) is 21.7 Å². The molecule has 0 atom stereocenters. The molecular weight excluding hydrogens is 352 g/mol. The van der Waals surface area contributed by atoms with E-state index in [-0.39, 0.29) is 18.8 Å². The first-order valence-corrected chi connectivity index (χ1v) is 9.08. The molecule has 0 N–H and O–H groups in total. The molecule has 4 rings (SSSR count). The van der Waals surface area contributed by atoms with E-state index >= 15 is 0 Å². The van der Waals surface area contributed by atoms with E-state index in [9.17, 15) is 4.79 Å². The number of thiazole rings is 1. The average Bonchev–Trinajstić information content (AvgIpc) is 3.18. The number of carbonyl (C=O) groups is 1. The fourth-order valence-corrected chi connectivity index (χ4v) is 3.75. The summed E-state index contributed by atoms with van der Waals surface area (Å²) in [7, 11) is 1.88. The third-order valence-electron chi connectivity index (χ3n) is 3.97. The number of aromatic nitrogens is 1. The van der Waals surface area contributed by atoms with Crippen molar-refractivity contribution >= 4 is 27.5 Å². The molecule has 0 unspecified atom stereocenters. The molecule has 0 radical (unpaired) electrons. The SMILES string of the molecule is CC(C)Oc1ccc(C(=O)N=c2sc3cc4c(cc3n2C)OCO4)cc1. The van der Waals surface area contributed by atoms with Gasteiger partial charge in [0, 0.05) is 24.7 Å². The molecule has 0 saturated heterocycles. The van der Waals surface area contributed by atoms with Crippen LogP contribution in [0.4, 0.5) is 0 Å². The van der Waals surface area contributed by atoms with E-state index < -0.39 is 0 Å². The van der Waals surface area contributed by atoms with Crippen LogP contribution in [0.1, 0.15) is 24.2 Å². The van der Waals surface area contributed by atoms with Crippen LogP contribution in [0.3, 0.4) is 0 Å². The van der Waals surface area contributed by atoms with Gasteiger partial charge < -0.3 is 18.8 Å². The van der Waals surface area contributed by atoms with Gasteiger partial charge in [0.25, 0.3) is 5.91 Å². The van der Waals surface area contributed by atoms with Gasteiger partial charge in [-0.3, -0.25) is 4.79 Å². The number of hydrogen-bond acceptors (Lipinski definition) is 5. The summed E-state index contributed by atoms with van der Waals surface area (Å²) in [5.74, 6) is 1.88. The number of hydrogen-bond donors (Lipinski definition) is 0. The molecule has 1 aliphatic heterocycles. The van der Waals surface area contributed by atoms with E-state index in [1.165, 1.54) is 11.3 Å². The largest absolute Gasteiger partial charge is 0.491 e. The quantitative estimate of drug-likeness (QED) is 0.708. The first kappa shape index (κ1) is 16.7. The summed E-state index contributed by atoms with van der Waals surface area (Å²) in [4.78, 5) is 17.4. The number of benzene rings is 2. The molecule has 1 amide bonds. The summed E-state index contributed by atoms with van der Waals surface area (Å²) in [6.07, 6.45) is 0.0911. The lowest BCUT2D eigenvalue weighted by molar-refractivity contribution is 0.0998. The van der Waals surface area contributed by atoms with Crippen molar-refractivity contribution in [2.45, 2.75) is 20.0 Å². The molecule has 1 aromatic heterocycles. The Balaban J connectivity index is 1.67. The van der Waals surface area contributed by atoms with Crippen molar-refractivity contribution in [3.8, 4) is 17.2 Å². The molecule has 6 nitrogen and oxygen atoms in total. The van der Waals surface area contributed by atoms with Gasteiger partial charge in [0.1, 0.15) is 5.75 Å². The van der Waals surface area contributed by atoms with Crippen LogP contribution in [0.25, 0.3) is 10.2 Å². The second kappa shape index (κ2) is 6.49. The average molecular weight is 370 g/mol. The zero-order valence-corrected chi connectivity index (χ0v) is 15.5. The molecule has 7 heteroatoms. The molecule has 2 aromatic carbocycles. The van der Waals surface area contributed by atoms with Crippen molar-refractivity contribution < 1.29 is 19.0 Å². The molecule has 134 valence electrons. The topological polar surface area (TPSA) is 62.0 Å². The molecule has 0 aliphatic carbocycles. The molecule has 0 spiro atoms. The molecule has 26 heavy (non-hydrogen) atoms. The lowest BCUT2D eigenvalue weighted by atomic mass is 10.2. The second-order valence-electron chi connectivity index (χ2n) is 6.22. The molecule has 3 aromatic rings. The Hall–Kier alpha value is -2.80. The minimum atomic E-state index is -0.289. The Morgan fingerprint density at radius 3 is 2.58 bits per heavy atom. The molecule has 0 saturated carbocycles. The van der Waals surface area contributed by atoms with Crippen LogP contribution in [0, 0.1) is 0 Å². The molecule has 1 aliphatic rings. The van der Waals surface area contributed by atoms with E-state index in [1.54, 1.807) is 24.3 Å². The van der Waals surface area contributed by atoms with Crippen LogP contribution in [-0.2, 0) is 7.05 Å². The zero-order chi connectivity index (χ0) is 18.3. The van der Waals surface area contributed by atoms with Crippen molar-refractivity contribution in [3.63, 3.8) is 0 Å². The Labute approximate surface area is 154 Å². The number of amides is 1. The van der Waals surface area contributed by atoms with Gasteiger partial charge >= 0.3 is 0 Å². The normalized spacial score (nSPS) is 13.6. The third kappa shape index (κ3) is 3.06. The standard InChI is InChI=1S/C19H18N2O4S/c1-11(2)25-13-6-4-12(5-7-13)18(22)20-19-21(3)14-8-15-16(24-10-23-15)9-17(14)26-19/h4-9,11H,10H2,1-3H3. The molecule has 0 bridgehead atoms. The number of carbonyl (C=O) groups excluding carboxylic acids is 1. The van der Waals surface area contributed by atoms with Crippen molar-refractivity contribution in [1.29, 1.82) is 0 Å². The van der Waals surface area contributed by atoms with Crippen LogP contribution in [-0.4, -0.2) is 23.4 Å². The van der Waals surface area contributed by atoms with Gasteiger partial charge in [0.2, 0.25) is 6.79 Å². The van der Waals surface area contributed by atoms with E-state index in [2.05, 4.69) is 4.99 Å². The fourth-order valence-electron chi connectivity index (χ4n) is 2.72. The zero-order valence-electron chi connectivity index (χ0n) is 14.7. The third-order valence-corrected chi connectivity index (χ3v) is 5.07. The number of aryl methyl sites for hydroxylation is 1. The van der Waals surface area contributed by atoms with E-state index in [0.29, 0.717) is 16.1 Å². The Bertz CT molecular complexity index is 1050. The maximum atomic E-state index is 12.5. The van der Waals surface area contributed by atoms with Crippen LogP contribution in [0.15, 0.2) is 41.4 Å². The van der Waals surface area contributed by atoms with Gasteiger partial charge in [0.05, 0.1) is 16.3 Å². The highest BCUT2D eigenvalue weighted by atomic mass is 32.1. The van der Waals surface area contributed by atoms with Crippen molar-refractivity contribution in [1.82, 2.24) is 4.57 Å². The summed E-state index contributed by atoms with van der Waals surface area (Å²) in [5, 5.41) is 0. The summed E-state index contributed by atoms with van der Waals surface area (Å²) in [5.41, 5.74) is 1.47. The number of rotatable bonds is 3. The molecule has 2 heterocycles. The summed E-state index contributed by atoms with van der Waals surface area (Å²) in [6.45, 7) is 4.16. The predicted molar refractivity (Wildman–Crippen MR) is 99.0 cm³/mol. The van der Waals surface area contributed by atoms with Gasteiger partial charge in [-0.25, -0.2) is 0 Å². The Morgan fingerprint density at radius 1 is 1.19 bits per heavy atom. The molecular formula is C19H18N2O4S. The highest BCUT2D eigenvalue weighted by Crippen LogP contribution is 2.36. The minimum Gasteiger partial charge on any atom is -0.491 e. The van der Waals surface area contributed by atoms with E-state index in [4.69, 9.17) is 14.2 Å². The summed E-state index contributed by atoms with van der Waals surface area (Å²) in [6, 6.07) is 10.9. The number of nitrogens with zero attached hydrogens (tertiary/aromatic N) is 2.